The molecule has 4 saturated carbocycles. The molecule has 36 heavy (non-hydrogen) atoms. The maximum atomic E-state index is 8.00. The SMILES string of the molecule is C1CC2OC2CC1CC(CC1CCC2OC2C1)C(CC1CCC2OC2C1)CC1CCC2OC2C1.FF. The van der Waals surface area contributed by atoms with Gasteiger partial charge in [-0.3, -0.25) is 0 Å². The molecule has 204 valence electrons. The summed E-state index contributed by atoms with van der Waals surface area (Å²) in [5.41, 5.74) is 0. The van der Waals surface area contributed by atoms with Gasteiger partial charge in [0, 0.05) is 9.15 Å². The van der Waals surface area contributed by atoms with Crippen molar-refractivity contribution in [1.29, 1.82) is 0 Å². The monoisotopic (exact) mass is 508 g/mol. The number of rotatable bonds is 9. The summed E-state index contributed by atoms with van der Waals surface area (Å²) in [5, 5.41) is 0. The zero-order valence-electron chi connectivity index (χ0n) is 21.8. The molecule has 6 heteroatoms. The Balaban J connectivity index is 0.00000108. The number of halogens is 2. The third-order valence-electron chi connectivity index (χ3n) is 11.7. The van der Waals surface area contributed by atoms with E-state index in [1.54, 1.807) is 0 Å². The molecule has 0 amide bonds. The van der Waals surface area contributed by atoms with E-state index in [1.807, 2.05) is 0 Å². The van der Waals surface area contributed by atoms with Crippen LogP contribution >= 0.6 is 0 Å². The first kappa shape index (κ1) is 24.7. The highest BCUT2D eigenvalue weighted by atomic mass is 20.0. The molecule has 12 unspecified atom stereocenters. The van der Waals surface area contributed by atoms with Crippen LogP contribution < -0.4 is 0 Å². The number of epoxide rings is 4. The zero-order valence-corrected chi connectivity index (χ0v) is 21.8. The fourth-order valence-corrected chi connectivity index (χ4v) is 9.48. The summed E-state index contributed by atoms with van der Waals surface area (Å²) in [7, 11) is 0. The molecule has 0 spiro atoms. The lowest BCUT2D eigenvalue weighted by Gasteiger charge is -2.38. The highest BCUT2D eigenvalue weighted by molar-refractivity contribution is 4.98. The highest BCUT2D eigenvalue weighted by Crippen LogP contribution is 2.51. The fourth-order valence-electron chi connectivity index (χ4n) is 9.48. The smallest absolute Gasteiger partial charge is 0.0844 e. The quantitative estimate of drug-likeness (QED) is 0.318. The van der Waals surface area contributed by atoms with Crippen molar-refractivity contribution in [2.24, 2.45) is 35.5 Å². The van der Waals surface area contributed by atoms with Gasteiger partial charge in [0.2, 0.25) is 0 Å². The van der Waals surface area contributed by atoms with Crippen LogP contribution in [0.4, 0.5) is 9.15 Å². The molecule has 12 atom stereocenters. The molecule has 4 nitrogen and oxygen atoms in total. The molecule has 4 heterocycles. The summed E-state index contributed by atoms with van der Waals surface area (Å²) in [4.78, 5) is 0. The summed E-state index contributed by atoms with van der Waals surface area (Å²) < 4.78 is 39.8. The van der Waals surface area contributed by atoms with Crippen LogP contribution in [-0.2, 0) is 18.9 Å². The fraction of sp³-hybridized carbons (Fsp3) is 1.00. The molecule has 0 aromatic heterocycles. The van der Waals surface area contributed by atoms with Crippen LogP contribution in [0.1, 0.15) is 103 Å². The Bertz CT molecular complexity index is 645. The summed E-state index contributed by atoms with van der Waals surface area (Å²) >= 11 is 0. The van der Waals surface area contributed by atoms with Gasteiger partial charge in [0.1, 0.15) is 0 Å². The molecule has 0 radical (unpaired) electrons. The minimum Gasteiger partial charge on any atom is -0.370 e. The maximum absolute atomic E-state index is 8.00. The molecule has 4 aliphatic heterocycles. The van der Waals surface area contributed by atoms with Crippen molar-refractivity contribution >= 4 is 0 Å². The Morgan fingerprint density at radius 3 is 0.861 bits per heavy atom. The first-order valence-corrected chi connectivity index (χ1v) is 15.5. The molecular formula is C30H46F2O4. The molecule has 0 N–H and O–H groups in total. The van der Waals surface area contributed by atoms with E-state index < -0.39 is 0 Å². The Labute approximate surface area is 215 Å². The molecule has 8 fully saturated rings. The Morgan fingerprint density at radius 1 is 0.389 bits per heavy atom. The average molecular weight is 509 g/mol. The van der Waals surface area contributed by atoms with Gasteiger partial charge in [-0.1, -0.05) is 0 Å². The van der Waals surface area contributed by atoms with Crippen molar-refractivity contribution in [3.8, 4) is 0 Å². The summed E-state index contributed by atoms with van der Waals surface area (Å²) in [6.45, 7) is 0. The van der Waals surface area contributed by atoms with Crippen molar-refractivity contribution in [3.63, 3.8) is 0 Å². The first-order valence-electron chi connectivity index (χ1n) is 15.5. The van der Waals surface area contributed by atoms with E-state index in [4.69, 9.17) is 28.1 Å². The Morgan fingerprint density at radius 2 is 0.639 bits per heavy atom. The van der Waals surface area contributed by atoms with Gasteiger partial charge in [0.25, 0.3) is 0 Å². The van der Waals surface area contributed by atoms with Crippen LogP contribution in [0.15, 0.2) is 0 Å². The van der Waals surface area contributed by atoms with E-state index in [9.17, 15) is 0 Å². The second-order valence-corrected chi connectivity index (χ2v) is 14.0. The topological polar surface area (TPSA) is 50.1 Å². The number of hydrogen-bond donors (Lipinski definition) is 0. The van der Waals surface area contributed by atoms with E-state index in [0.29, 0.717) is 48.8 Å². The third kappa shape index (κ3) is 5.67. The first-order chi connectivity index (χ1) is 17.7. The van der Waals surface area contributed by atoms with Gasteiger partial charge in [-0.05, 0) is 138 Å². The molecule has 8 rings (SSSR count). The minimum atomic E-state index is 0.623. The Hall–Kier alpha value is -0.300. The highest BCUT2D eigenvalue weighted by Gasteiger charge is 2.49. The van der Waals surface area contributed by atoms with Gasteiger partial charge in [0.05, 0.1) is 48.8 Å². The number of fused-ring (bicyclic) bond motifs is 4. The van der Waals surface area contributed by atoms with Crippen LogP contribution in [0.25, 0.3) is 0 Å². The lowest BCUT2D eigenvalue weighted by molar-refractivity contribution is 0.108. The van der Waals surface area contributed by atoms with E-state index in [0.717, 1.165) is 35.5 Å². The van der Waals surface area contributed by atoms with Gasteiger partial charge in [-0.15, -0.1) is 0 Å². The van der Waals surface area contributed by atoms with E-state index in [2.05, 4.69) is 0 Å². The van der Waals surface area contributed by atoms with Gasteiger partial charge in [0.15, 0.2) is 0 Å². The van der Waals surface area contributed by atoms with Crippen LogP contribution in [0.5, 0.6) is 0 Å². The predicted molar refractivity (Wildman–Crippen MR) is 132 cm³/mol. The summed E-state index contributed by atoms with van der Waals surface area (Å²) in [6, 6.07) is 0. The minimum absolute atomic E-state index is 0.623. The second-order valence-electron chi connectivity index (χ2n) is 14.0. The molecule has 0 bridgehead atoms. The van der Waals surface area contributed by atoms with Crippen LogP contribution in [0.3, 0.4) is 0 Å². The van der Waals surface area contributed by atoms with Crippen LogP contribution in [0.2, 0.25) is 0 Å². The summed E-state index contributed by atoms with van der Waals surface area (Å²) in [5.74, 6) is 5.47. The molecule has 8 aliphatic rings. The lowest BCUT2D eigenvalue weighted by Crippen LogP contribution is -2.30. The number of ether oxygens (including phenoxy) is 4. The molecule has 0 aromatic rings. The zero-order chi connectivity index (χ0) is 24.2. The van der Waals surface area contributed by atoms with Gasteiger partial charge >= 0.3 is 0 Å². The number of hydrogen-bond acceptors (Lipinski definition) is 4. The van der Waals surface area contributed by atoms with E-state index >= 15 is 0 Å². The second kappa shape index (κ2) is 10.4. The van der Waals surface area contributed by atoms with Gasteiger partial charge in [-0.2, -0.15) is 0 Å². The van der Waals surface area contributed by atoms with Crippen LogP contribution in [-0.4, -0.2) is 48.8 Å². The Kier molecular flexibility index (Phi) is 7.11. The van der Waals surface area contributed by atoms with Gasteiger partial charge in [-0.25, -0.2) is 0 Å². The normalized spacial score (nSPS) is 51.2. The molecule has 4 aliphatic carbocycles. The maximum Gasteiger partial charge on any atom is 0.0844 e. The van der Waals surface area contributed by atoms with Crippen molar-refractivity contribution in [2.45, 2.75) is 152 Å². The van der Waals surface area contributed by atoms with Crippen molar-refractivity contribution < 1.29 is 28.1 Å². The largest absolute Gasteiger partial charge is 0.370 e. The van der Waals surface area contributed by atoms with Crippen molar-refractivity contribution in [2.75, 3.05) is 0 Å². The van der Waals surface area contributed by atoms with E-state index in [-0.39, 0.29) is 0 Å². The lowest BCUT2D eigenvalue weighted by atomic mass is 9.66. The molecular weight excluding hydrogens is 462 g/mol. The molecule has 0 aromatic carbocycles. The summed E-state index contributed by atoms with van der Waals surface area (Å²) in [6.07, 6.45) is 27.4. The third-order valence-corrected chi connectivity index (χ3v) is 11.7. The van der Waals surface area contributed by atoms with E-state index in [1.165, 1.54) is 103 Å². The van der Waals surface area contributed by atoms with Gasteiger partial charge < -0.3 is 18.9 Å². The molecule has 4 saturated heterocycles. The average Bonchev–Trinajstić information content (AvgIpc) is 3.70. The van der Waals surface area contributed by atoms with Crippen molar-refractivity contribution in [3.05, 3.63) is 0 Å². The predicted octanol–water partition coefficient (Wildman–Crippen LogP) is 6.89. The van der Waals surface area contributed by atoms with Crippen molar-refractivity contribution in [1.82, 2.24) is 0 Å². The van der Waals surface area contributed by atoms with Crippen LogP contribution in [0, 0.1) is 35.5 Å². The standard InChI is InChI=1S/C30H46O4.F2/c1-5-23-27(31-23)13-17(1)9-21(10-18-2-6-24-28(14-18)32-24)22(11-19-3-7-25-29(15-19)33-25)12-20-4-8-26-30(16-20)34-26;1-2/h17-30H,1-16H2;.